The zero-order chi connectivity index (χ0) is 20.8. The quantitative estimate of drug-likeness (QED) is 0.602. The van der Waals surface area contributed by atoms with Gasteiger partial charge in [-0.1, -0.05) is 12.1 Å². The molecular formula is C21H22FN3O3S. The highest BCUT2D eigenvalue weighted by atomic mass is 32.1. The number of methoxy groups -OCH3 is 2. The van der Waals surface area contributed by atoms with E-state index in [2.05, 4.69) is 10.3 Å². The molecule has 0 radical (unpaired) electrons. The number of nitrogens with one attached hydrogen (secondary N) is 1. The van der Waals surface area contributed by atoms with Gasteiger partial charge in [-0.15, -0.1) is 11.3 Å². The summed E-state index contributed by atoms with van der Waals surface area (Å²) in [5.41, 5.74) is 2.13. The lowest BCUT2D eigenvalue weighted by Crippen LogP contribution is -2.29. The van der Waals surface area contributed by atoms with Crippen LogP contribution in [0.5, 0.6) is 11.5 Å². The van der Waals surface area contributed by atoms with Crippen LogP contribution in [0, 0.1) is 5.82 Å². The summed E-state index contributed by atoms with van der Waals surface area (Å²) in [4.78, 5) is 18.7. The fourth-order valence-electron chi connectivity index (χ4n) is 2.90. The van der Waals surface area contributed by atoms with Crippen molar-refractivity contribution in [3.05, 3.63) is 59.4 Å². The molecule has 2 aromatic carbocycles. The lowest BCUT2D eigenvalue weighted by molar-refractivity contribution is -0.117. The smallest absolute Gasteiger partial charge is 0.238 e. The minimum atomic E-state index is -0.390. The first kappa shape index (κ1) is 20.8. The average Bonchev–Trinajstić information content (AvgIpc) is 3.15. The number of benzene rings is 2. The molecule has 1 heterocycles. The van der Waals surface area contributed by atoms with Gasteiger partial charge in [0.25, 0.3) is 0 Å². The van der Waals surface area contributed by atoms with Gasteiger partial charge in [0.05, 0.1) is 32.0 Å². The maximum Gasteiger partial charge on any atom is 0.238 e. The molecule has 0 spiro atoms. The Morgan fingerprint density at radius 1 is 1.21 bits per heavy atom. The molecule has 0 fully saturated rings. The highest BCUT2D eigenvalue weighted by Gasteiger charge is 2.16. The summed E-state index contributed by atoms with van der Waals surface area (Å²) in [5, 5.41) is 5.46. The maximum absolute atomic E-state index is 13.2. The third-order valence-electron chi connectivity index (χ3n) is 4.14. The van der Waals surface area contributed by atoms with Gasteiger partial charge in [0.15, 0.2) is 11.5 Å². The standard InChI is InChI=1S/C21H22FN3O3S/c1-25(12-19(26)23-15-7-4-6-14(22)10-15)11-16-13-29-21(24-16)17-8-5-9-18(27-2)20(17)28-3/h4-10,13H,11-12H2,1-3H3,(H,23,26). The largest absolute Gasteiger partial charge is 0.493 e. The number of hydrogen-bond donors (Lipinski definition) is 1. The molecule has 152 valence electrons. The predicted molar refractivity (Wildman–Crippen MR) is 112 cm³/mol. The molecule has 0 bridgehead atoms. The van der Waals surface area contributed by atoms with Crippen LogP contribution in [0.4, 0.5) is 10.1 Å². The maximum atomic E-state index is 13.2. The Kier molecular flexibility index (Phi) is 6.79. The van der Waals surface area contributed by atoms with Gasteiger partial charge in [0.1, 0.15) is 10.8 Å². The van der Waals surface area contributed by atoms with E-state index in [0.717, 1.165) is 16.3 Å². The Labute approximate surface area is 172 Å². The van der Waals surface area contributed by atoms with E-state index in [4.69, 9.17) is 9.47 Å². The molecule has 0 saturated carbocycles. The third kappa shape index (κ3) is 5.30. The normalized spacial score (nSPS) is 10.8. The van der Waals surface area contributed by atoms with Crippen molar-refractivity contribution in [2.24, 2.45) is 0 Å². The lowest BCUT2D eigenvalue weighted by atomic mass is 10.2. The number of rotatable bonds is 8. The number of nitrogens with zero attached hydrogens (tertiary/aromatic N) is 2. The van der Waals surface area contributed by atoms with Gasteiger partial charge in [-0.05, 0) is 37.4 Å². The van der Waals surface area contributed by atoms with Crippen LogP contribution in [0.3, 0.4) is 0 Å². The third-order valence-corrected chi connectivity index (χ3v) is 5.06. The van der Waals surface area contributed by atoms with Crippen LogP contribution in [0.15, 0.2) is 47.8 Å². The molecule has 1 N–H and O–H groups in total. The number of carbonyl (C=O) groups is 1. The molecule has 6 nitrogen and oxygen atoms in total. The molecule has 0 aliphatic heterocycles. The number of carbonyl (C=O) groups excluding carboxylic acids is 1. The van der Waals surface area contributed by atoms with Crippen molar-refractivity contribution in [3.63, 3.8) is 0 Å². The molecular weight excluding hydrogens is 393 g/mol. The Balaban J connectivity index is 1.63. The second-order valence-electron chi connectivity index (χ2n) is 6.42. The minimum Gasteiger partial charge on any atom is -0.493 e. The van der Waals surface area contributed by atoms with E-state index in [1.54, 1.807) is 26.4 Å². The molecule has 0 saturated heterocycles. The highest BCUT2D eigenvalue weighted by molar-refractivity contribution is 7.13. The van der Waals surface area contributed by atoms with E-state index in [1.165, 1.54) is 23.5 Å². The number of hydrogen-bond acceptors (Lipinski definition) is 6. The van der Waals surface area contributed by atoms with Crippen LogP contribution in [-0.4, -0.2) is 43.6 Å². The fourth-order valence-corrected chi connectivity index (χ4v) is 3.74. The summed E-state index contributed by atoms with van der Waals surface area (Å²) in [6.07, 6.45) is 0. The van der Waals surface area contributed by atoms with Crippen LogP contribution in [0.1, 0.15) is 5.69 Å². The highest BCUT2D eigenvalue weighted by Crippen LogP contribution is 2.39. The summed E-state index contributed by atoms with van der Waals surface area (Å²) in [7, 11) is 5.02. The first-order valence-electron chi connectivity index (χ1n) is 8.90. The molecule has 8 heteroatoms. The topological polar surface area (TPSA) is 63.7 Å². The predicted octanol–water partition coefficient (Wildman–Crippen LogP) is 4.04. The van der Waals surface area contributed by atoms with Gasteiger partial charge in [-0.2, -0.15) is 0 Å². The van der Waals surface area contributed by atoms with Gasteiger partial charge in [-0.25, -0.2) is 9.37 Å². The second kappa shape index (κ2) is 9.49. The van der Waals surface area contributed by atoms with Crippen molar-refractivity contribution in [2.75, 3.05) is 33.1 Å². The number of para-hydroxylation sites is 1. The summed E-state index contributed by atoms with van der Waals surface area (Å²) in [6.45, 7) is 0.658. The molecule has 3 aromatic rings. The molecule has 29 heavy (non-hydrogen) atoms. The van der Waals surface area contributed by atoms with Crippen molar-refractivity contribution in [3.8, 4) is 22.1 Å². The second-order valence-corrected chi connectivity index (χ2v) is 7.27. The number of anilines is 1. The summed E-state index contributed by atoms with van der Waals surface area (Å²) in [5.74, 6) is 0.675. The van der Waals surface area contributed by atoms with Crippen LogP contribution in [0.2, 0.25) is 0 Å². The van der Waals surface area contributed by atoms with Crippen LogP contribution in [0.25, 0.3) is 10.6 Å². The minimum absolute atomic E-state index is 0.159. The molecule has 3 rings (SSSR count). The van der Waals surface area contributed by atoms with Crippen molar-refractivity contribution < 1.29 is 18.7 Å². The average molecular weight is 415 g/mol. The number of amides is 1. The zero-order valence-electron chi connectivity index (χ0n) is 16.4. The summed E-state index contributed by atoms with van der Waals surface area (Å²) in [6, 6.07) is 11.5. The molecule has 0 atom stereocenters. The van der Waals surface area contributed by atoms with Crippen LogP contribution in [-0.2, 0) is 11.3 Å². The van der Waals surface area contributed by atoms with E-state index in [0.29, 0.717) is 23.7 Å². The number of aromatic nitrogens is 1. The van der Waals surface area contributed by atoms with Gasteiger partial charge < -0.3 is 14.8 Å². The lowest BCUT2D eigenvalue weighted by Gasteiger charge is -2.15. The molecule has 1 amide bonds. The van der Waals surface area contributed by atoms with Gasteiger partial charge in [-0.3, -0.25) is 9.69 Å². The van der Waals surface area contributed by atoms with Crippen LogP contribution < -0.4 is 14.8 Å². The summed E-state index contributed by atoms with van der Waals surface area (Å²) >= 11 is 1.50. The van der Waals surface area contributed by atoms with Crippen molar-refractivity contribution in [1.29, 1.82) is 0 Å². The van der Waals surface area contributed by atoms with E-state index in [9.17, 15) is 9.18 Å². The van der Waals surface area contributed by atoms with Crippen molar-refractivity contribution in [1.82, 2.24) is 9.88 Å². The Morgan fingerprint density at radius 2 is 2.00 bits per heavy atom. The fraction of sp³-hybridized carbons (Fsp3) is 0.238. The Bertz CT molecular complexity index is 993. The van der Waals surface area contributed by atoms with E-state index in [1.807, 2.05) is 35.5 Å². The first-order chi connectivity index (χ1) is 14.0. The Morgan fingerprint density at radius 3 is 2.72 bits per heavy atom. The monoisotopic (exact) mass is 415 g/mol. The number of likely N-dealkylation sites (N-methyl/N-ethyl adjacent to an activating group) is 1. The van der Waals surface area contributed by atoms with Crippen molar-refractivity contribution >= 4 is 22.9 Å². The molecule has 0 aliphatic carbocycles. The SMILES string of the molecule is COc1cccc(-c2nc(CN(C)CC(=O)Nc3cccc(F)c3)cs2)c1OC. The molecule has 0 unspecified atom stereocenters. The number of halogens is 1. The van der Waals surface area contributed by atoms with Gasteiger partial charge in [0.2, 0.25) is 5.91 Å². The summed E-state index contributed by atoms with van der Waals surface area (Å²) < 4.78 is 24.1. The first-order valence-corrected chi connectivity index (χ1v) is 9.78. The van der Waals surface area contributed by atoms with Crippen LogP contribution >= 0.6 is 11.3 Å². The zero-order valence-corrected chi connectivity index (χ0v) is 17.3. The van der Waals surface area contributed by atoms with E-state index in [-0.39, 0.29) is 18.3 Å². The number of ether oxygens (including phenoxy) is 2. The van der Waals surface area contributed by atoms with Gasteiger partial charge in [0, 0.05) is 17.6 Å². The number of thiazole rings is 1. The van der Waals surface area contributed by atoms with Gasteiger partial charge >= 0.3 is 0 Å². The van der Waals surface area contributed by atoms with Crippen molar-refractivity contribution in [2.45, 2.75) is 6.54 Å². The Hall–Kier alpha value is -2.97. The van der Waals surface area contributed by atoms with E-state index >= 15 is 0 Å². The van der Waals surface area contributed by atoms with E-state index < -0.39 is 0 Å². The molecule has 1 aromatic heterocycles. The molecule has 0 aliphatic rings.